The van der Waals surface area contributed by atoms with Crippen molar-refractivity contribution < 1.29 is 18.7 Å². The molecule has 2 aromatic heterocycles. The van der Waals surface area contributed by atoms with Gasteiger partial charge in [-0.1, -0.05) is 42.1 Å². The molecule has 8 heteroatoms. The Balaban J connectivity index is 1.51. The van der Waals surface area contributed by atoms with Crippen LogP contribution in [0.5, 0.6) is 5.75 Å². The molecule has 0 aliphatic heterocycles. The number of carbonyl (C=O) groups excluding carboxylic acids is 1. The Labute approximate surface area is 156 Å². The normalized spacial score (nSPS) is 11.0. The van der Waals surface area contributed by atoms with E-state index in [1.54, 1.807) is 42.5 Å². The van der Waals surface area contributed by atoms with Crippen LogP contribution in [0.3, 0.4) is 0 Å². The molecule has 0 radical (unpaired) electrons. The Kier molecular flexibility index (Phi) is 4.47. The smallest absolute Gasteiger partial charge is 0.347 e. The van der Waals surface area contributed by atoms with Crippen LogP contribution < -0.4 is 5.63 Å². The van der Waals surface area contributed by atoms with Gasteiger partial charge in [-0.05, 0) is 24.3 Å². The Hall–Kier alpha value is -3.39. The number of thioether (sulfide) groups is 1. The lowest BCUT2D eigenvalue weighted by Gasteiger charge is -2.00. The van der Waals surface area contributed by atoms with Gasteiger partial charge in [0, 0.05) is 5.39 Å². The van der Waals surface area contributed by atoms with Crippen molar-refractivity contribution in [3.63, 3.8) is 0 Å². The molecule has 0 saturated heterocycles. The molecule has 0 saturated carbocycles. The minimum absolute atomic E-state index is 0.0162. The lowest BCUT2D eigenvalue weighted by atomic mass is 10.1. The van der Waals surface area contributed by atoms with Gasteiger partial charge in [0.25, 0.3) is 11.1 Å². The first kappa shape index (κ1) is 17.0. The van der Waals surface area contributed by atoms with Crippen molar-refractivity contribution in [2.24, 2.45) is 0 Å². The second-order valence-electron chi connectivity index (χ2n) is 5.59. The van der Waals surface area contributed by atoms with E-state index >= 15 is 0 Å². The van der Waals surface area contributed by atoms with Gasteiger partial charge in [0.1, 0.15) is 16.9 Å². The maximum absolute atomic E-state index is 12.4. The monoisotopic (exact) mass is 380 g/mol. The van der Waals surface area contributed by atoms with Gasteiger partial charge in [0.2, 0.25) is 0 Å². The van der Waals surface area contributed by atoms with Crippen molar-refractivity contribution in [1.82, 2.24) is 10.2 Å². The average Bonchev–Trinajstić information content (AvgIpc) is 3.14. The molecule has 0 fully saturated rings. The molecular formula is C19H12N2O5S. The maximum atomic E-state index is 12.4. The summed E-state index contributed by atoms with van der Waals surface area (Å²) in [4.78, 5) is 24.4. The number of phenolic OH excluding ortho intramolecular Hbond substituents is 1. The van der Waals surface area contributed by atoms with Crippen LogP contribution in [-0.4, -0.2) is 26.8 Å². The molecule has 134 valence electrons. The Bertz CT molecular complexity index is 1200. The molecule has 27 heavy (non-hydrogen) atoms. The summed E-state index contributed by atoms with van der Waals surface area (Å²) in [6.07, 6.45) is 0. The lowest BCUT2D eigenvalue weighted by Crippen LogP contribution is -2.15. The largest absolute Gasteiger partial charge is 0.507 e. The molecule has 0 atom stereocenters. The summed E-state index contributed by atoms with van der Waals surface area (Å²) in [6.45, 7) is 0. The number of fused-ring (bicyclic) bond motifs is 1. The van der Waals surface area contributed by atoms with Crippen LogP contribution in [0.15, 0.2) is 73.4 Å². The summed E-state index contributed by atoms with van der Waals surface area (Å²) in [5, 5.41) is 18.4. The van der Waals surface area contributed by atoms with Gasteiger partial charge in [-0.25, -0.2) is 4.79 Å². The molecule has 4 aromatic rings. The Morgan fingerprint density at radius 3 is 2.67 bits per heavy atom. The highest BCUT2D eigenvalue weighted by atomic mass is 32.2. The number of aromatic hydroxyl groups is 1. The fourth-order valence-electron chi connectivity index (χ4n) is 2.49. The molecule has 0 unspecified atom stereocenters. The molecule has 0 aliphatic carbocycles. The van der Waals surface area contributed by atoms with Gasteiger partial charge in [-0.3, -0.25) is 4.79 Å². The van der Waals surface area contributed by atoms with E-state index in [-0.39, 0.29) is 28.2 Å². The van der Waals surface area contributed by atoms with Gasteiger partial charge in [0.05, 0.1) is 11.3 Å². The highest BCUT2D eigenvalue weighted by Crippen LogP contribution is 2.29. The van der Waals surface area contributed by atoms with Crippen molar-refractivity contribution in [2.75, 3.05) is 5.75 Å². The van der Waals surface area contributed by atoms with E-state index in [1.807, 2.05) is 0 Å². The topological polar surface area (TPSA) is 106 Å². The summed E-state index contributed by atoms with van der Waals surface area (Å²) in [7, 11) is 0. The summed E-state index contributed by atoms with van der Waals surface area (Å²) in [5.74, 6) is -0.302. The zero-order valence-corrected chi connectivity index (χ0v) is 14.6. The molecule has 0 bridgehead atoms. The molecule has 1 N–H and O–H groups in total. The highest BCUT2D eigenvalue weighted by Gasteiger charge is 2.17. The Morgan fingerprint density at radius 2 is 1.81 bits per heavy atom. The van der Waals surface area contributed by atoms with Crippen LogP contribution in [0, 0.1) is 0 Å². The summed E-state index contributed by atoms with van der Waals surface area (Å²) in [6, 6.07) is 15.1. The molecule has 0 aliphatic rings. The number of nitrogens with zero attached hydrogens (tertiary/aromatic N) is 2. The van der Waals surface area contributed by atoms with Gasteiger partial charge >= 0.3 is 5.63 Å². The first-order valence-corrected chi connectivity index (χ1v) is 8.91. The number of rotatable bonds is 5. The number of hydrogen-bond acceptors (Lipinski definition) is 8. The van der Waals surface area contributed by atoms with Crippen LogP contribution >= 0.6 is 11.8 Å². The highest BCUT2D eigenvalue weighted by molar-refractivity contribution is 7.99. The van der Waals surface area contributed by atoms with Gasteiger partial charge in [-0.15, -0.1) is 10.2 Å². The number of phenols is 1. The first-order chi connectivity index (χ1) is 13.1. The van der Waals surface area contributed by atoms with Crippen molar-refractivity contribution in [2.45, 2.75) is 5.22 Å². The zero-order chi connectivity index (χ0) is 18.8. The molecule has 7 nitrogen and oxygen atoms in total. The zero-order valence-electron chi connectivity index (χ0n) is 13.8. The fraction of sp³-hybridized carbons (Fsp3) is 0.0526. The van der Waals surface area contributed by atoms with E-state index < -0.39 is 11.4 Å². The molecule has 0 amide bonds. The quantitative estimate of drug-likeness (QED) is 0.318. The summed E-state index contributed by atoms with van der Waals surface area (Å²) in [5.41, 5.74) is 0.121. The van der Waals surface area contributed by atoms with E-state index in [1.165, 1.54) is 12.1 Å². The average molecular weight is 380 g/mol. The van der Waals surface area contributed by atoms with E-state index in [4.69, 9.17) is 8.83 Å². The molecular weight excluding hydrogens is 368 g/mol. The molecule has 0 spiro atoms. The number of para-hydroxylation sites is 2. The Morgan fingerprint density at radius 1 is 1.04 bits per heavy atom. The lowest BCUT2D eigenvalue weighted by molar-refractivity contribution is 0.101. The number of aromatic nitrogens is 2. The van der Waals surface area contributed by atoms with Crippen molar-refractivity contribution in [1.29, 1.82) is 0 Å². The second-order valence-corrected chi connectivity index (χ2v) is 6.51. The van der Waals surface area contributed by atoms with Crippen LogP contribution in [-0.2, 0) is 0 Å². The van der Waals surface area contributed by atoms with Crippen LogP contribution in [0.1, 0.15) is 10.4 Å². The fourth-order valence-corrected chi connectivity index (χ4v) is 3.14. The van der Waals surface area contributed by atoms with Crippen molar-refractivity contribution in [3.8, 4) is 17.2 Å². The standard InChI is InChI=1S/C19H12N2O5S/c22-14-7-3-2-6-12(14)17-20-21-19(26-17)27-10-15(23)13-9-11-5-1-4-8-16(11)25-18(13)24/h1-9,22H,10H2. The number of benzene rings is 2. The molecule has 2 aromatic carbocycles. The van der Waals surface area contributed by atoms with Crippen molar-refractivity contribution in [3.05, 3.63) is 70.6 Å². The predicted molar refractivity (Wildman–Crippen MR) is 98.9 cm³/mol. The first-order valence-electron chi connectivity index (χ1n) is 7.92. The SMILES string of the molecule is O=C(CSc1nnc(-c2ccccc2O)o1)c1cc2ccccc2oc1=O. The van der Waals surface area contributed by atoms with Crippen molar-refractivity contribution >= 4 is 28.5 Å². The van der Waals surface area contributed by atoms with E-state index in [0.29, 0.717) is 16.5 Å². The molecule has 4 rings (SSSR count). The number of ketones is 1. The number of Topliss-reactive ketones (excluding diaryl/α,β-unsaturated/α-hetero) is 1. The predicted octanol–water partition coefficient (Wildman–Crippen LogP) is 3.52. The minimum Gasteiger partial charge on any atom is -0.507 e. The third kappa shape index (κ3) is 3.47. The third-order valence-electron chi connectivity index (χ3n) is 3.81. The summed E-state index contributed by atoms with van der Waals surface area (Å²) < 4.78 is 10.6. The maximum Gasteiger partial charge on any atom is 0.347 e. The van der Waals surface area contributed by atoms with Gasteiger partial charge in [0.15, 0.2) is 5.78 Å². The minimum atomic E-state index is -0.681. The van der Waals surface area contributed by atoms with E-state index in [2.05, 4.69) is 10.2 Å². The van der Waals surface area contributed by atoms with Gasteiger partial charge in [-0.2, -0.15) is 0 Å². The van der Waals surface area contributed by atoms with Gasteiger partial charge < -0.3 is 13.9 Å². The molecule has 2 heterocycles. The van der Waals surface area contributed by atoms with Crippen LogP contribution in [0.25, 0.3) is 22.4 Å². The van der Waals surface area contributed by atoms with E-state index in [0.717, 1.165) is 11.8 Å². The van der Waals surface area contributed by atoms with Crippen LogP contribution in [0.2, 0.25) is 0 Å². The third-order valence-corrected chi connectivity index (χ3v) is 4.63. The van der Waals surface area contributed by atoms with E-state index in [9.17, 15) is 14.7 Å². The summed E-state index contributed by atoms with van der Waals surface area (Å²) >= 11 is 1.01. The van der Waals surface area contributed by atoms with Crippen LogP contribution in [0.4, 0.5) is 0 Å². The number of hydrogen-bond donors (Lipinski definition) is 1. The number of carbonyl (C=O) groups is 1. The second kappa shape index (κ2) is 7.08.